The van der Waals surface area contributed by atoms with Crippen molar-refractivity contribution >= 4 is 57.6 Å². The van der Waals surface area contributed by atoms with Gasteiger partial charge in [0, 0.05) is 51.5 Å². The Morgan fingerprint density at radius 2 is 1.62 bits per heavy atom. The Morgan fingerprint density at radius 1 is 0.906 bits per heavy atom. The summed E-state index contributed by atoms with van der Waals surface area (Å²) in [7, 11) is 1.55. The van der Waals surface area contributed by atoms with Gasteiger partial charge < -0.3 is 14.4 Å². The van der Waals surface area contributed by atoms with E-state index in [2.05, 4.69) is 18.2 Å². The number of aromatic nitrogens is 2. The molecule has 1 fully saturated rings. The molecule has 0 unspecified atom stereocenters. The molecule has 0 spiro atoms. The van der Waals surface area contributed by atoms with Crippen molar-refractivity contribution < 1.29 is 29.1 Å². The van der Waals surface area contributed by atoms with Crippen LogP contribution in [-0.2, 0) is 28.8 Å². The number of ether oxygens (including phenoxy) is 2. The Labute approximate surface area is 317 Å². The number of piperidine rings is 1. The molecule has 2 aliphatic rings. The smallest absolute Gasteiger partial charge is 0.409 e. The molecule has 2 N–H and O–H groups in total. The lowest BCUT2D eigenvalue weighted by atomic mass is 9.88. The zero-order chi connectivity index (χ0) is 37.6. The molecule has 0 atom stereocenters. The predicted octanol–water partition coefficient (Wildman–Crippen LogP) is 8.24. The van der Waals surface area contributed by atoms with Crippen LogP contribution in [0.1, 0.15) is 63.8 Å². The van der Waals surface area contributed by atoms with Gasteiger partial charge >= 0.3 is 6.09 Å². The molecule has 1 aliphatic heterocycles. The van der Waals surface area contributed by atoms with E-state index in [0.717, 1.165) is 36.4 Å². The maximum Gasteiger partial charge on any atom is 0.409 e. The van der Waals surface area contributed by atoms with Gasteiger partial charge in [-0.2, -0.15) is 0 Å². The number of likely N-dealkylation sites (tertiary alicyclic amines) is 1. The quantitative estimate of drug-likeness (QED) is 0.137. The number of rotatable bonds is 5. The number of carbonyl (C=O) groups is 3. The standard InChI is InChI=1S/C22H23ClN2O2.C19H17ClN2O4/c1-2-27-22(26)25-12-9-15(10-13-25)20-19-8-7-18(23)14-17(19)6-5-16-4-3-11-24-21(16)20;1-11-15(10-18(23)21-25)16-9-14(26-2)7-8-17(16)22(11)19(24)12-3-5-13(20)6-4-12/h3-4,7-8,11,14H,2,5-6,9-10,12-13H2,1H3;3-9,25H,10H2,1-2H3,(H,21,23). The summed E-state index contributed by atoms with van der Waals surface area (Å²) >= 11 is 12.2. The first kappa shape index (κ1) is 37.6. The first-order valence-corrected chi connectivity index (χ1v) is 18.2. The van der Waals surface area contributed by atoms with Gasteiger partial charge in [0.05, 0.1) is 31.3 Å². The van der Waals surface area contributed by atoms with Gasteiger partial charge in [0.1, 0.15) is 5.75 Å². The van der Waals surface area contributed by atoms with Gasteiger partial charge in [0.15, 0.2) is 0 Å². The fourth-order valence-electron chi connectivity index (χ4n) is 7.05. The van der Waals surface area contributed by atoms with Gasteiger partial charge in [0.25, 0.3) is 5.91 Å². The summed E-state index contributed by atoms with van der Waals surface area (Å²) in [6.07, 6.45) is 5.19. The van der Waals surface area contributed by atoms with Crippen molar-refractivity contribution in [3.05, 3.63) is 134 Å². The SMILES string of the molecule is CCOC(=O)N1CCC(=C2c3ccc(Cl)cc3CCc3cccnc32)CC1.COc1ccc2c(c1)c(CC(=O)NO)c(C)n2C(=O)c1ccc(Cl)cc1. The second kappa shape index (κ2) is 16.7. The molecular weight excluding hydrogens is 715 g/mol. The molecule has 1 aliphatic carbocycles. The maximum absolute atomic E-state index is 13.1. The van der Waals surface area contributed by atoms with Crippen molar-refractivity contribution in [2.45, 2.75) is 46.0 Å². The second-order valence-corrected chi connectivity index (χ2v) is 13.7. The van der Waals surface area contributed by atoms with Crippen LogP contribution in [0, 0.1) is 6.92 Å². The molecule has 0 radical (unpaired) electrons. The molecule has 7 rings (SSSR count). The summed E-state index contributed by atoms with van der Waals surface area (Å²) in [6.45, 7) is 5.38. The number of methoxy groups -OCH3 is 1. The molecule has 53 heavy (non-hydrogen) atoms. The number of aryl methyl sites for hydroxylation is 2. The summed E-state index contributed by atoms with van der Waals surface area (Å²) in [5.41, 5.74) is 11.5. The zero-order valence-electron chi connectivity index (χ0n) is 29.7. The molecule has 12 heteroatoms. The third-order valence-corrected chi connectivity index (χ3v) is 10.2. The topological polar surface area (TPSA) is 123 Å². The van der Waals surface area contributed by atoms with Crippen LogP contribution in [0.4, 0.5) is 4.79 Å². The minimum atomic E-state index is -0.561. The van der Waals surface area contributed by atoms with Crippen LogP contribution in [0.25, 0.3) is 16.5 Å². The first-order valence-electron chi connectivity index (χ1n) is 17.4. The lowest BCUT2D eigenvalue weighted by Crippen LogP contribution is -2.37. The molecule has 10 nitrogen and oxygen atoms in total. The number of hydroxylamine groups is 1. The molecule has 3 aromatic carbocycles. The highest BCUT2D eigenvalue weighted by molar-refractivity contribution is 6.31. The lowest BCUT2D eigenvalue weighted by Gasteiger charge is -2.29. The summed E-state index contributed by atoms with van der Waals surface area (Å²) in [5.74, 6) is -0.182. The van der Waals surface area contributed by atoms with E-state index in [4.69, 9.17) is 42.9 Å². The average molecular weight is 756 g/mol. The number of hydrogen-bond acceptors (Lipinski definition) is 7. The van der Waals surface area contributed by atoms with E-state index in [-0.39, 0.29) is 18.4 Å². The fraction of sp³-hybridized carbons (Fsp3) is 0.268. The van der Waals surface area contributed by atoms with E-state index >= 15 is 0 Å². The number of nitrogens with zero attached hydrogens (tertiary/aromatic N) is 3. The second-order valence-electron chi connectivity index (χ2n) is 12.8. The van der Waals surface area contributed by atoms with Crippen molar-refractivity contribution in [1.29, 1.82) is 0 Å². The molecule has 0 bridgehead atoms. The van der Waals surface area contributed by atoms with Crippen LogP contribution in [-0.4, -0.2) is 64.4 Å². The minimum Gasteiger partial charge on any atom is -0.497 e. The Hall–Kier alpha value is -5.16. The Morgan fingerprint density at radius 3 is 2.32 bits per heavy atom. The highest BCUT2D eigenvalue weighted by atomic mass is 35.5. The van der Waals surface area contributed by atoms with Crippen molar-refractivity contribution in [2.24, 2.45) is 0 Å². The number of pyridine rings is 1. The van der Waals surface area contributed by atoms with Gasteiger partial charge in [0.2, 0.25) is 5.91 Å². The number of amides is 2. The van der Waals surface area contributed by atoms with Crippen molar-refractivity contribution in [3.63, 3.8) is 0 Å². The molecule has 5 aromatic rings. The zero-order valence-corrected chi connectivity index (χ0v) is 31.3. The van der Waals surface area contributed by atoms with Gasteiger partial charge in [-0.3, -0.25) is 24.3 Å². The molecule has 3 heterocycles. The number of halogens is 2. The summed E-state index contributed by atoms with van der Waals surface area (Å²) < 4.78 is 12.0. The highest BCUT2D eigenvalue weighted by Gasteiger charge is 2.27. The third-order valence-electron chi connectivity index (χ3n) is 9.67. The minimum absolute atomic E-state index is 0.0626. The van der Waals surface area contributed by atoms with Crippen molar-refractivity contribution in [2.75, 3.05) is 26.8 Å². The number of hydrogen-bond donors (Lipinski definition) is 2. The normalized spacial score (nSPS) is 13.7. The van der Waals surface area contributed by atoms with E-state index in [1.807, 2.05) is 25.3 Å². The number of fused-ring (bicyclic) bond motifs is 3. The van der Waals surface area contributed by atoms with Crippen LogP contribution < -0.4 is 10.2 Å². The number of benzene rings is 3. The van der Waals surface area contributed by atoms with E-state index in [0.29, 0.717) is 58.2 Å². The number of nitrogens with one attached hydrogen (secondary N) is 1. The van der Waals surface area contributed by atoms with Crippen LogP contribution in [0.3, 0.4) is 0 Å². The average Bonchev–Trinajstić information content (AvgIpc) is 3.33. The lowest BCUT2D eigenvalue weighted by molar-refractivity contribution is -0.128. The Bertz CT molecular complexity index is 2200. The van der Waals surface area contributed by atoms with Crippen LogP contribution in [0.15, 0.2) is 84.6 Å². The van der Waals surface area contributed by atoms with E-state index in [1.165, 1.54) is 27.8 Å². The fourth-order valence-corrected chi connectivity index (χ4v) is 7.37. The predicted molar refractivity (Wildman–Crippen MR) is 205 cm³/mol. The van der Waals surface area contributed by atoms with Crippen molar-refractivity contribution in [3.8, 4) is 5.75 Å². The van der Waals surface area contributed by atoms with Crippen molar-refractivity contribution in [1.82, 2.24) is 19.9 Å². The molecule has 2 aromatic heterocycles. The van der Waals surface area contributed by atoms with E-state index < -0.39 is 5.91 Å². The summed E-state index contributed by atoms with van der Waals surface area (Å²) in [5, 5.41) is 10.9. The first-order chi connectivity index (χ1) is 25.6. The Kier molecular flexibility index (Phi) is 11.8. The van der Waals surface area contributed by atoms with Gasteiger partial charge in [-0.1, -0.05) is 40.9 Å². The van der Waals surface area contributed by atoms with Gasteiger partial charge in [-0.25, -0.2) is 10.3 Å². The highest BCUT2D eigenvalue weighted by Crippen LogP contribution is 2.38. The molecule has 2 amide bonds. The molecule has 274 valence electrons. The van der Waals surface area contributed by atoms with Crippen LogP contribution in [0.5, 0.6) is 5.75 Å². The maximum atomic E-state index is 13.1. The van der Waals surface area contributed by atoms with Crippen LogP contribution in [0.2, 0.25) is 10.0 Å². The van der Waals surface area contributed by atoms with E-state index in [1.54, 1.807) is 71.4 Å². The third kappa shape index (κ3) is 8.10. The van der Waals surface area contributed by atoms with Gasteiger partial charge in [-0.15, -0.1) is 0 Å². The monoisotopic (exact) mass is 754 g/mol. The van der Waals surface area contributed by atoms with Crippen LogP contribution >= 0.6 is 23.2 Å². The summed E-state index contributed by atoms with van der Waals surface area (Å²) in [4.78, 5) is 43.3. The molecular formula is C41H40Cl2N4O6. The molecule has 0 saturated carbocycles. The van der Waals surface area contributed by atoms with E-state index in [9.17, 15) is 14.4 Å². The summed E-state index contributed by atoms with van der Waals surface area (Å²) in [6, 6.07) is 22.3. The molecule has 1 saturated heterocycles. The largest absolute Gasteiger partial charge is 0.497 e. The Balaban J connectivity index is 0.000000182. The van der Waals surface area contributed by atoms with Gasteiger partial charge in [-0.05, 0) is 122 Å². The number of carbonyl (C=O) groups excluding carboxylic acids is 3.